The first kappa shape index (κ1) is 13.4. The quantitative estimate of drug-likeness (QED) is 0.899. The largest absolute Gasteiger partial charge is 0.479 e. The number of nitrogens with zero attached hydrogens (tertiary/aromatic N) is 1. The van der Waals surface area contributed by atoms with Crippen molar-refractivity contribution in [3.8, 4) is 5.75 Å². The highest BCUT2D eigenvalue weighted by Crippen LogP contribution is 2.33. The van der Waals surface area contributed by atoms with Gasteiger partial charge in [0.15, 0.2) is 6.10 Å². The topological polar surface area (TPSA) is 58.6 Å². The number of hydrogen-bond acceptors (Lipinski definition) is 4. The van der Waals surface area contributed by atoms with Crippen LogP contribution in [0.3, 0.4) is 0 Å². The number of benzene rings is 1. The number of carbonyl (C=O) groups excluding carboxylic acids is 2. The van der Waals surface area contributed by atoms with Crippen molar-refractivity contribution in [1.82, 2.24) is 0 Å². The average Bonchev–Trinajstić information content (AvgIpc) is 2.36. The van der Waals surface area contributed by atoms with Crippen molar-refractivity contribution in [2.24, 2.45) is 0 Å². The average molecular weight is 262 g/mol. The van der Waals surface area contributed by atoms with Gasteiger partial charge < -0.3 is 15.0 Å². The molecule has 1 unspecified atom stereocenters. The summed E-state index contributed by atoms with van der Waals surface area (Å²) in [6.45, 7) is 3.95. The van der Waals surface area contributed by atoms with Crippen LogP contribution >= 0.6 is 0 Å². The van der Waals surface area contributed by atoms with Gasteiger partial charge in [-0.15, -0.1) is 0 Å². The third-order valence-electron chi connectivity index (χ3n) is 3.13. The lowest BCUT2D eigenvalue weighted by molar-refractivity contribution is -0.122. The Balaban J connectivity index is 2.14. The lowest BCUT2D eigenvalue weighted by atomic mass is 10.2. The molecule has 0 aromatic heterocycles. The SMILES string of the molecule is CC(=O)CCN(C)c1ccc2c(c1)NC(=O)C(C)O2. The number of hydrogen-bond donors (Lipinski definition) is 1. The number of Topliss-reactive ketones (excluding diaryl/α,β-unsaturated/α-hetero) is 1. The summed E-state index contributed by atoms with van der Waals surface area (Å²) in [7, 11) is 1.92. The number of rotatable bonds is 4. The van der Waals surface area contributed by atoms with E-state index in [0.717, 1.165) is 5.69 Å². The lowest BCUT2D eigenvalue weighted by Crippen LogP contribution is -2.34. The summed E-state index contributed by atoms with van der Waals surface area (Å²) in [4.78, 5) is 24.5. The Labute approximate surface area is 112 Å². The van der Waals surface area contributed by atoms with E-state index in [1.165, 1.54) is 0 Å². The highest BCUT2D eigenvalue weighted by atomic mass is 16.5. The summed E-state index contributed by atoms with van der Waals surface area (Å²) in [6.07, 6.45) is 0.0433. The molecule has 1 aliphatic rings. The van der Waals surface area contributed by atoms with Crippen LogP contribution in [0.2, 0.25) is 0 Å². The van der Waals surface area contributed by atoms with Gasteiger partial charge in [-0.3, -0.25) is 9.59 Å². The molecule has 0 spiro atoms. The molecule has 102 valence electrons. The van der Waals surface area contributed by atoms with Crippen LogP contribution in [-0.2, 0) is 9.59 Å². The Hall–Kier alpha value is -2.04. The van der Waals surface area contributed by atoms with Crippen LogP contribution in [0.1, 0.15) is 20.3 Å². The number of ether oxygens (including phenoxy) is 1. The summed E-state index contributed by atoms with van der Waals surface area (Å²) in [5, 5.41) is 2.81. The molecule has 1 amide bonds. The number of nitrogens with one attached hydrogen (secondary N) is 1. The minimum Gasteiger partial charge on any atom is -0.479 e. The fourth-order valence-corrected chi connectivity index (χ4v) is 1.89. The van der Waals surface area contributed by atoms with Gasteiger partial charge in [0.2, 0.25) is 0 Å². The first-order valence-corrected chi connectivity index (χ1v) is 6.29. The predicted octanol–water partition coefficient (Wildman–Crippen LogP) is 1.82. The van der Waals surface area contributed by atoms with Crippen LogP contribution in [0, 0.1) is 0 Å². The molecule has 0 radical (unpaired) electrons. The highest BCUT2D eigenvalue weighted by molar-refractivity contribution is 5.98. The molecule has 5 nitrogen and oxygen atoms in total. The minimum atomic E-state index is -0.464. The number of ketones is 1. The van der Waals surface area contributed by atoms with Crippen LogP contribution in [0.25, 0.3) is 0 Å². The number of fused-ring (bicyclic) bond motifs is 1. The van der Waals surface area contributed by atoms with Gasteiger partial charge in [-0.25, -0.2) is 0 Å². The number of amides is 1. The van der Waals surface area contributed by atoms with E-state index in [2.05, 4.69) is 5.32 Å². The molecule has 1 aromatic carbocycles. The molecular formula is C14H18N2O3. The Kier molecular flexibility index (Phi) is 3.74. The van der Waals surface area contributed by atoms with Gasteiger partial charge in [-0.2, -0.15) is 0 Å². The van der Waals surface area contributed by atoms with E-state index in [9.17, 15) is 9.59 Å². The molecule has 19 heavy (non-hydrogen) atoms. The van der Waals surface area contributed by atoms with Crippen molar-refractivity contribution in [2.45, 2.75) is 26.4 Å². The zero-order chi connectivity index (χ0) is 14.0. The Morgan fingerprint density at radius 3 is 2.89 bits per heavy atom. The lowest BCUT2D eigenvalue weighted by Gasteiger charge is -2.26. The second-order valence-electron chi connectivity index (χ2n) is 4.80. The van der Waals surface area contributed by atoms with E-state index in [4.69, 9.17) is 4.74 Å². The normalized spacial score (nSPS) is 17.2. The molecule has 1 aromatic rings. The number of carbonyl (C=O) groups is 2. The first-order valence-electron chi connectivity index (χ1n) is 6.29. The van der Waals surface area contributed by atoms with Gasteiger partial charge in [0.25, 0.3) is 5.91 Å². The van der Waals surface area contributed by atoms with Crippen molar-refractivity contribution in [3.05, 3.63) is 18.2 Å². The van der Waals surface area contributed by atoms with Gasteiger partial charge >= 0.3 is 0 Å². The van der Waals surface area contributed by atoms with Crippen LogP contribution in [0.15, 0.2) is 18.2 Å². The fourth-order valence-electron chi connectivity index (χ4n) is 1.89. The smallest absolute Gasteiger partial charge is 0.265 e. The molecule has 0 bridgehead atoms. The Morgan fingerprint density at radius 2 is 2.21 bits per heavy atom. The highest BCUT2D eigenvalue weighted by Gasteiger charge is 2.23. The molecule has 1 aliphatic heterocycles. The summed E-state index contributed by atoms with van der Waals surface area (Å²) < 4.78 is 5.49. The molecule has 1 N–H and O–H groups in total. The number of anilines is 2. The van der Waals surface area contributed by atoms with E-state index >= 15 is 0 Å². The third-order valence-corrected chi connectivity index (χ3v) is 3.13. The monoisotopic (exact) mass is 262 g/mol. The van der Waals surface area contributed by atoms with Crippen molar-refractivity contribution in [1.29, 1.82) is 0 Å². The molecule has 0 aliphatic carbocycles. The molecule has 0 fully saturated rings. The second-order valence-corrected chi connectivity index (χ2v) is 4.80. The zero-order valence-electron chi connectivity index (χ0n) is 11.4. The molecule has 0 saturated carbocycles. The van der Waals surface area contributed by atoms with Crippen molar-refractivity contribution in [3.63, 3.8) is 0 Å². The first-order chi connectivity index (χ1) is 8.97. The van der Waals surface area contributed by atoms with Gasteiger partial charge in [0.1, 0.15) is 11.5 Å². The molecular weight excluding hydrogens is 244 g/mol. The third kappa shape index (κ3) is 3.05. The maximum Gasteiger partial charge on any atom is 0.265 e. The van der Waals surface area contributed by atoms with E-state index in [0.29, 0.717) is 24.4 Å². The van der Waals surface area contributed by atoms with Crippen LogP contribution < -0.4 is 15.0 Å². The summed E-state index contributed by atoms with van der Waals surface area (Å²) in [5.41, 5.74) is 1.62. The Bertz CT molecular complexity index is 513. The summed E-state index contributed by atoms with van der Waals surface area (Å²) in [6, 6.07) is 5.62. The molecule has 1 atom stereocenters. The summed E-state index contributed by atoms with van der Waals surface area (Å²) >= 11 is 0. The Morgan fingerprint density at radius 1 is 1.47 bits per heavy atom. The van der Waals surface area contributed by atoms with Crippen molar-refractivity contribution < 1.29 is 14.3 Å². The molecule has 0 saturated heterocycles. The van der Waals surface area contributed by atoms with Gasteiger partial charge in [0, 0.05) is 25.7 Å². The fraction of sp³-hybridized carbons (Fsp3) is 0.429. The minimum absolute atomic E-state index is 0.143. The second kappa shape index (κ2) is 5.30. The van der Waals surface area contributed by atoms with Gasteiger partial charge in [0.05, 0.1) is 5.69 Å². The summed E-state index contributed by atoms with van der Waals surface area (Å²) in [5.74, 6) is 0.696. The van der Waals surface area contributed by atoms with E-state index in [1.54, 1.807) is 13.8 Å². The van der Waals surface area contributed by atoms with Crippen molar-refractivity contribution in [2.75, 3.05) is 23.8 Å². The maximum absolute atomic E-state index is 11.6. The molecule has 1 heterocycles. The predicted molar refractivity (Wildman–Crippen MR) is 73.7 cm³/mol. The van der Waals surface area contributed by atoms with Crippen molar-refractivity contribution >= 4 is 23.1 Å². The van der Waals surface area contributed by atoms with E-state index in [1.807, 2.05) is 30.1 Å². The zero-order valence-corrected chi connectivity index (χ0v) is 11.4. The van der Waals surface area contributed by atoms with E-state index in [-0.39, 0.29) is 11.7 Å². The van der Waals surface area contributed by atoms with Crippen LogP contribution in [0.5, 0.6) is 5.75 Å². The van der Waals surface area contributed by atoms with E-state index < -0.39 is 6.10 Å². The van der Waals surface area contributed by atoms with Gasteiger partial charge in [-0.05, 0) is 32.0 Å². The standard InChI is InChI=1S/C14H18N2O3/c1-9(17)6-7-16(3)11-4-5-13-12(8-11)15-14(18)10(2)19-13/h4-5,8,10H,6-7H2,1-3H3,(H,15,18). The molecule has 5 heteroatoms. The van der Waals surface area contributed by atoms with Crippen LogP contribution in [-0.4, -0.2) is 31.4 Å². The van der Waals surface area contributed by atoms with Crippen LogP contribution in [0.4, 0.5) is 11.4 Å². The maximum atomic E-state index is 11.6. The molecule has 2 rings (SSSR count). The van der Waals surface area contributed by atoms with Gasteiger partial charge in [-0.1, -0.05) is 0 Å².